The van der Waals surface area contributed by atoms with Crippen molar-refractivity contribution in [1.29, 1.82) is 0 Å². The summed E-state index contributed by atoms with van der Waals surface area (Å²) in [6.07, 6.45) is 6.50. The number of hydrogen-bond donors (Lipinski definition) is 1. The molecule has 108 valence electrons. The first-order chi connectivity index (χ1) is 8.47. The van der Waals surface area contributed by atoms with Gasteiger partial charge in [-0.05, 0) is 25.3 Å². The van der Waals surface area contributed by atoms with Gasteiger partial charge in [-0.15, -0.1) is 0 Å². The fourth-order valence-electron chi connectivity index (χ4n) is 2.96. The zero-order valence-corrected chi connectivity index (χ0v) is 12.9. The van der Waals surface area contributed by atoms with Crippen LogP contribution in [0.5, 0.6) is 0 Å². The van der Waals surface area contributed by atoms with Gasteiger partial charge in [-0.3, -0.25) is 0 Å². The van der Waals surface area contributed by atoms with E-state index < -0.39 is 9.84 Å². The predicted octanol–water partition coefficient (Wildman–Crippen LogP) is 2.76. The molecule has 1 fully saturated rings. The summed E-state index contributed by atoms with van der Waals surface area (Å²) >= 11 is 0. The first-order valence-electron chi connectivity index (χ1n) is 7.42. The SMILES string of the molecule is CCNC1CCCCCCC1S(=O)(=O)CC(C)C. The van der Waals surface area contributed by atoms with Crippen molar-refractivity contribution < 1.29 is 8.42 Å². The van der Waals surface area contributed by atoms with Crippen LogP contribution in [0.25, 0.3) is 0 Å². The lowest BCUT2D eigenvalue weighted by Gasteiger charge is -2.30. The van der Waals surface area contributed by atoms with Crippen molar-refractivity contribution in [2.75, 3.05) is 12.3 Å². The van der Waals surface area contributed by atoms with Crippen LogP contribution in [-0.4, -0.2) is 32.0 Å². The van der Waals surface area contributed by atoms with Gasteiger partial charge in [0.25, 0.3) is 0 Å². The Morgan fingerprint density at radius 1 is 1.11 bits per heavy atom. The number of rotatable bonds is 5. The first kappa shape index (κ1) is 16.0. The maximum atomic E-state index is 12.5. The van der Waals surface area contributed by atoms with Crippen molar-refractivity contribution in [3.63, 3.8) is 0 Å². The van der Waals surface area contributed by atoms with Crippen molar-refractivity contribution >= 4 is 9.84 Å². The van der Waals surface area contributed by atoms with Gasteiger partial charge in [0.15, 0.2) is 9.84 Å². The molecule has 4 heteroatoms. The summed E-state index contributed by atoms with van der Waals surface area (Å²) in [4.78, 5) is 0. The lowest BCUT2D eigenvalue weighted by Crippen LogP contribution is -2.46. The van der Waals surface area contributed by atoms with Gasteiger partial charge in [-0.1, -0.05) is 46.5 Å². The van der Waals surface area contributed by atoms with Crippen LogP contribution in [0.2, 0.25) is 0 Å². The molecule has 0 amide bonds. The van der Waals surface area contributed by atoms with Crippen LogP contribution in [0, 0.1) is 5.92 Å². The fourth-order valence-corrected chi connectivity index (χ4v) is 5.40. The Bertz CT molecular complexity index is 325. The number of sulfone groups is 1. The predicted molar refractivity (Wildman–Crippen MR) is 77.6 cm³/mol. The van der Waals surface area contributed by atoms with Gasteiger partial charge in [0.05, 0.1) is 11.0 Å². The molecule has 0 saturated heterocycles. The molecule has 0 bridgehead atoms. The van der Waals surface area contributed by atoms with E-state index in [2.05, 4.69) is 12.2 Å². The second-order valence-electron chi connectivity index (χ2n) is 5.92. The molecule has 18 heavy (non-hydrogen) atoms. The van der Waals surface area contributed by atoms with Crippen LogP contribution in [0.3, 0.4) is 0 Å². The summed E-state index contributed by atoms with van der Waals surface area (Å²) in [5.74, 6) is 0.558. The van der Waals surface area contributed by atoms with E-state index in [4.69, 9.17) is 0 Å². The third-order valence-corrected chi connectivity index (χ3v) is 6.31. The van der Waals surface area contributed by atoms with Gasteiger partial charge < -0.3 is 5.32 Å². The molecule has 0 heterocycles. The van der Waals surface area contributed by atoms with E-state index in [1.54, 1.807) is 0 Å². The third-order valence-electron chi connectivity index (χ3n) is 3.70. The summed E-state index contributed by atoms with van der Waals surface area (Å²) in [5, 5.41) is 3.24. The van der Waals surface area contributed by atoms with Crippen LogP contribution < -0.4 is 5.32 Å². The molecule has 1 aliphatic carbocycles. The average molecular weight is 275 g/mol. The maximum absolute atomic E-state index is 12.5. The minimum atomic E-state index is -2.96. The summed E-state index contributed by atoms with van der Waals surface area (Å²) in [7, 11) is -2.96. The van der Waals surface area contributed by atoms with E-state index in [9.17, 15) is 8.42 Å². The van der Waals surface area contributed by atoms with E-state index in [1.807, 2.05) is 13.8 Å². The molecular weight excluding hydrogens is 246 g/mol. The Kier molecular flexibility index (Phi) is 6.64. The lowest BCUT2D eigenvalue weighted by molar-refractivity contribution is 0.391. The topological polar surface area (TPSA) is 46.2 Å². The molecule has 0 spiro atoms. The first-order valence-corrected chi connectivity index (χ1v) is 9.14. The number of nitrogens with one attached hydrogen (secondary N) is 1. The molecule has 1 aliphatic rings. The fraction of sp³-hybridized carbons (Fsp3) is 1.00. The molecule has 0 aromatic rings. The van der Waals surface area contributed by atoms with Crippen molar-refractivity contribution in [3.8, 4) is 0 Å². The molecule has 2 unspecified atom stereocenters. The normalized spacial score (nSPS) is 26.9. The van der Waals surface area contributed by atoms with E-state index in [0.717, 1.165) is 32.2 Å². The highest BCUT2D eigenvalue weighted by Crippen LogP contribution is 2.24. The summed E-state index contributed by atoms with van der Waals surface area (Å²) < 4.78 is 25.0. The average Bonchev–Trinajstić information content (AvgIpc) is 2.19. The Balaban J connectivity index is 2.82. The molecule has 3 nitrogen and oxygen atoms in total. The standard InChI is InChI=1S/C14H29NO2S/c1-4-15-13-9-7-5-6-8-10-14(13)18(16,17)11-12(2)3/h12-15H,4-11H2,1-3H3. The van der Waals surface area contributed by atoms with Crippen LogP contribution in [0.1, 0.15) is 59.3 Å². The molecule has 0 radical (unpaired) electrons. The van der Waals surface area contributed by atoms with Gasteiger partial charge in [-0.2, -0.15) is 0 Å². The molecule has 1 rings (SSSR count). The third kappa shape index (κ3) is 4.88. The Labute approximate surface area is 113 Å². The largest absolute Gasteiger partial charge is 0.313 e. The minimum absolute atomic E-state index is 0.166. The van der Waals surface area contributed by atoms with Gasteiger partial charge in [0, 0.05) is 6.04 Å². The van der Waals surface area contributed by atoms with Crippen molar-refractivity contribution in [3.05, 3.63) is 0 Å². The molecule has 1 N–H and O–H groups in total. The summed E-state index contributed by atoms with van der Waals surface area (Å²) in [6.45, 7) is 6.90. The van der Waals surface area contributed by atoms with Crippen molar-refractivity contribution in [2.24, 2.45) is 5.92 Å². The Morgan fingerprint density at radius 2 is 1.72 bits per heavy atom. The number of hydrogen-bond acceptors (Lipinski definition) is 3. The van der Waals surface area contributed by atoms with Crippen molar-refractivity contribution in [1.82, 2.24) is 5.32 Å². The second kappa shape index (κ2) is 7.49. The van der Waals surface area contributed by atoms with Crippen LogP contribution >= 0.6 is 0 Å². The molecule has 0 aromatic heterocycles. The molecule has 2 atom stereocenters. The Hall–Kier alpha value is -0.0900. The lowest BCUT2D eigenvalue weighted by atomic mass is 9.96. The summed E-state index contributed by atoms with van der Waals surface area (Å²) in [5.41, 5.74) is 0. The van der Waals surface area contributed by atoms with Gasteiger partial charge in [0.1, 0.15) is 0 Å². The van der Waals surface area contributed by atoms with E-state index >= 15 is 0 Å². The molecule has 0 aromatic carbocycles. The van der Waals surface area contributed by atoms with E-state index in [-0.39, 0.29) is 17.2 Å². The zero-order valence-electron chi connectivity index (χ0n) is 12.1. The van der Waals surface area contributed by atoms with E-state index in [1.165, 1.54) is 12.8 Å². The van der Waals surface area contributed by atoms with Crippen LogP contribution in [0.15, 0.2) is 0 Å². The Morgan fingerprint density at radius 3 is 2.28 bits per heavy atom. The van der Waals surface area contributed by atoms with Crippen molar-refractivity contribution in [2.45, 2.75) is 70.6 Å². The highest BCUT2D eigenvalue weighted by atomic mass is 32.2. The highest BCUT2D eigenvalue weighted by Gasteiger charge is 2.33. The van der Waals surface area contributed by atoms with Gasteiger partial charge >= 0.3 is 0 Å². The second-order valence-corrected chi connectivity index (χ2v) is 8.18. The quantitative estimate of drug-likeness (QED) is 0.839. The smallest absolute Gasteiger partial charge is 0.154 e. The van der Waals surface area contributed by atoms with Crippen LogP contribution in [0.4, 0.5) is 0 Å². The monoisotopic (exact) mass is 275 g/mol. The van der Waals surface area contributed by atoms with Gasteiger partial charge in [-0.25, -0.2) is 8.42 Å². The van der Waals surface area contributed by atoms with Crippen LogP contribution in [-0.2, 0) is 9.84 Å². The minimum Gasteiger partial charge on any atom is -0.313 e. The molecular formula is C14H29NO2S. The van der Waals surface area contributed by atoms with E-state index in [0.29, 0.717) is 5.75 Å². The summed E-state index contributed by atoms with van der Waals surface area (Å²) in [6, 6.07) is 0.166. The molecule has 1 saturated carbocycles. The maximum Gasteiger partial charge on any atom is 0.154 e. The molecule has 0 aliphatic heterocycles. The highest BCUT2D eigenvalue weighted by molar-refractivity contribution is 7.92. The zero-order chi connectivity index (χ0) is 13.6. The van der Waals surface area contributed by atoms with Gasteiger partial charge in [0.2, 0.25) is 0 Å².